The Morgan fingerprint density at radius 3 is 2.74 bits per heavy atom. The highest BCUT2D eigenvalue weighted by molar-refractivity contribution is 5.97. The van der Waals surface area contributed by atoms with Gasteiger partial charge in [-0.05, 0) is 32.8 Å². The minimum absolute atomic E-state index is 0.0394. The van der Waals surface area contributed by atoms with Gasteiger partial charge in [0.1, 0.15) is 11.5 Å². The van der Waals surface area contributed by atoms with Crippen molar-refractivity contribution in [3.8, 4) is 11.5 Å². The third-order valence-electron chi connectivity index (χ3n) is 5.63. The quantitative estimate of drug-likeness (QED) is 0.537. The summed E-state index contributed by atoms with van der Waals surface area (Å²) in [5.41, 5.74) is 1.62. The van der Waals surface area contributed by atoms with Crippen molar-refractivity contribution < 1.29 is 23.7 Å². The predicted octanol–water partition coefficient (Wildman–Crippen LogP) is 3.07. The molecule has 2 aromatic rings. The fraction of sp³-hybridized carbons (Fsp3) is 0.565. The maximum atomic E-state index is 13.0. The summed E-state index contributed by atoms with van der Waals surface area (Å²) in [6, 6.07) is 6.17. The molecule has 1 saturated carbocycles. The first kappa shape index (κ1) is 21.8. The van der Waals surface area contributed by atoms with Crippen molar-refractivity contribution in [3.63, 3.8) is 0 Å². The molecule has 2 aliphatic rings. The molecule has 0 N–H and O–H groups in total. The maximum Gasteiger partial charge on any atom is 0.179 e. The lowest BCUT2D eigenvalue weighted by molar-refractivity contribution is -0.140. The van der Waals surface area contributed by atoms with Gasteiger partial charge in [-0.2, -0.15) is 5.10 Å². The van der Waals surface area contributed by atoms with Crippen molar-refractivity contribution >= 4 is 5.78 Å². The van der Waals surface area contributed by atoms with E-state index in [1.54, 1.807) is 20.4 Å². The third kappa shape index (κ3) is 5.44. The van der Waals surface area contributed by atoms with Gasteiger partial charge in [0.25, 0.3) is 0 Å². The SMILES string of the molecule is COc1ccc(CN(CC(=O)c2cnn(C3CC3)c2)C[C@@H]2COC(C)(C)O2)c(OC)c1. The van der Waals surface area contributed by atoms with Gasteiger partial charge >= 0.3 is 0 Å². The lowest BCUT2D eigenvalue weighted by Gasteiger charge is -2.26. The Morgan fingerprint density at radius 2 is 2.10 bits per heavy atom. The highest BCUT2D eigenvalue weighted by Gasteiger charge is 2.34. The van der Waals surface area contributed by atoms with Crippen molar-refractivity contribution in [1.29, 1.82) is 0 Å². The zero-order valence-electron chi connectivity index (χ0n) is 18.7. The number of benzene rings is 1. The maximum absolute atomic E-state index is 13.0. The number of ether oxygens (including phenoxy) is 4. The van der Waals surface area contributed by atoms with Crippen LogP contribution in [0.15, 0.2) is 30.6 Å². The largest absolute Gasteiger partial charge is 0.497 e. The Balaban J connectivity index is 1.50. The number of rotatable bonds is 10. The van der Waals surface area contributed by atoms with Crippen molar-refractivity contribution in [2.45, 2.75) is 51.2 Å². The summed E-state index contributed by atoms with van der Waals surface area (Å²) in [6.45, 7) is 5.67. The van der Waals surface area contributed by atoms with Gasteiger partial charge < -0.3 is 18.9 Å². The molecule has 1 aliphatic heterocycles. The molecule has 8 nitrogen and oxygen atoms in total. The van der Waals surface area contributed by atoms with E-state index in [9.17, 15) is 4.79 Å². The summed E-state index contributed by atoms with van der Waals surface area (Å²) >= 11 is 0. The lowest BCUT2D eigenvalue weighted by Crippen LogP contribution is -2.37. The van der Waals surface area contributed by atoms with E-state index in [4.69, 9.17) is 18.9 Å². The molecule has 0 bridgehead atoms. The molecule has 0 unspecified atom stereocenters. The molecule has 1 saturated heterocycles. The monoisotopic (exact) mass is 429 g/mol. The summed E-state index contributed by atoms with van der Waals surface area (Å²) in [6.07, 6.45) is 5.69. The van der Waals surface area contributed by atoms with Crippen LogP contribution in [0.5, 0.6) is 11.5 Å². The fourth-order valence-corrected chi connectivity index (χ4v) is 3.86. The Kier molecular flexibility index (Phi) is 6.31. The van der Waals surface area contributed by atoms with E-state index in [0.29, 0.717) is 31.3 Å². The van der Waals surface area contributed by atoms with Crippen LogP contribution in [0.1, 0.15) is 48.7 Å². The van der Waals surface area contributed by atoms with Gasteiger partial charge in [0, 0.05) is 30.9 Å². The van der Waals surface area contributed by atoms with Gasteiger partial charge in [-0.3, -0.25) is 14.4 Å². The average molecular weight is 430 g/mol. The van der Waals surface area contributed by atoms with Gasteiger partial charge in [0.05, 0.1) is 51.3 Å². The molecule has 1 aliphatic carbocycles. The highest BCUT2D eigenvalue weighted by atomic mass is 16.7. The predicted molar refractivity (Wildman–Crippen MR) is 115 cm³/mol. The summed E-state index contributed by atoms with van der Waals surface area (Å²) in [4.78, 5) is 15.1. The fourth-order valence-electron chi connectivity index (χ4n) is 3.86. The van der Waals surface area contributed by atoms with E-state index < -0.39 is 5.79 Å². The second kappa shape index (κ2) is 8.98. The van der Waals surface area contributed by atoms with E-state index in [-0.39, 0.29) is 18.4 Å². The number of carbonyl (C=O) groups is 1. The minimum atomic E-state index is -0.608. The smallest absolute Gasteiger partial charge is 0.179 e. The van der Waals surface area contributed by atoms with Crippen molar-refractivity contribution in [3.05, 3.63) is 41.7 Å². The second-order valence-corrected chi connectivity index (χ2v) is 8.66. The van der Waals surface area contributed by atoms with Crippen LogP contribution in [-0.4, -0.2) is 66.3 Å². The molecule has 0 spiro atoms. The van der Waals surface area contributed by atoms with E-state index in [1.165, 1.54) is 0 Å². The van der Waals surface area contributed by atoms with Gasteiger partial charge in [-0.1, -0.05) is 6.07 Å². The van der Waals surface area contributed by atoms with Crippen LogP contribution in [0.4, 0.5) is 0 Å². The molecule has 2 fully saturated rings. The number of hydrogen-bond donors (Lipinski definition) is 0. The zero-order chi connectivity index (χ0) is 22.0. The Labute approximate surface area is 183 Å². The zero-order valence-corrected chi connectivity index (χ0v) is 18.7. The third-order valence-corrected chi connectivity index (χ3v) is 5.63. The number of aromatic nitrogens is 2. The number of ketones is 1. The van der Waals surface area contributed by atoms with Crippen molar-refractivity contribution in [2.75, 3.05) is 33.9 Å². The van der Waals surface area contributed by atoms with Gasteiger partial charge in [-0.15, -0.1) is 0 Å². The summed E-state index contributed by atoms with van der Waals surface area (Å²) in [5.74, 6) is 0.883. The second-order valence-electron chi connectivity index (χ2n) is 8.66. The number of carbonyl (C=O) groups excluding carboxylic acids is 1. The first-order valence-corrected chi connectivity index (χ1v) is 10.7. The van der Waals surface area contributed by atoms with Crippen LogP contribution in [0.2, 0.25) is 0 Å². The molecule has 0 radical (unpaired) electrons. The van der Waals surface area contributed by atoms with E-state index >= 15 is 0 Å². The average Bonchev–Trinajstić information content (AvgIpc) is 3.37. The van der Waals surface area contributed by atoms with E-state index in [1.807, 2.05) is 42.9 Å². The minimum Gasteiger partial charge on any atom is -0.497 e. The number of hydrogen-bond acceptors (Lipinski definition) is 7. The van der Waals surface area contributed by atoms with Crippen molar-refractivity contribution in [2.24, 2.45) is 0 Å². The van der Waals surface area contributed by atoms with Gasteiger partial charge in [0.15, 0.2) is 11.6 Å². The molecule has 1 aromatic carbocycles. The molecule has 2 heterocycles. The Hall–Kier alpha value is -2.42. The van der Waals surface area contributed by atoms with E-state index in [2.05, 4.69) is 10.00 Å². The molecule has 31 heavy (non-hydrogen) atoms. The van der Waals surface area contributed by atoms with Crippen LogP contribution >= 0.6 is 0 Å². The molecular weight excluding hydrogens is 398 g/mol. The first-order valence-electron chi connectivity index (χ1n) is 10.7. The van der Waals surface area contributed by atoms with Gasteiger partial charge in [-0.25, -0.2) is 0 Å². The first-order chi connectivity index (χ1) is 14.9. The summed E-state index contributed by atoms with van der Waals surface area (Å²) in [7, 11) is 3.26. The van der Waals surface area contributed by atoms with Crippen LogP contribution in [0, 0.1) is 0 Å². The molecule has 4 rings (SSSR count). The van der Waals surface area contributed by atoms with Crippen LogP contribution < -0.4 is 9.47 Å². The highest BCUT2D eigenvalue weighted by Crippen LogP contribution is 2.34. The summed E-state index contributed by atoms with van der Waals surface area (Å²) in [5, 5.41) is 4.36. The van der Waals surface area contributed by atoms with Gasteiger partial charge in [0.2, 0.25) is 0 Å². The number of nitrogens with zero attached hydrogens (tertiary/aromatic N) is 3. The number of methoxy groups -OCH3 is 2. The Morgan fingerprint density at radius 1 is 1.29 bits per heavy atom. The van der Waals surface area contributed by atoms with Crippen molar-refractivity contribution in [1.82, 2.24) is 14.7 Å². The molecule has 1 atom stereocenters. The Bertz CT molecular complexity index is 922. The molecular formula is C23H31N3O5. The lowest BCUT2D eigenvalue weighted by atomic mass is 10.1. The summed E-state index contributed by atoms with van der Waals surface area (Å²) < 4.78 is 24.5. The topological polar surface area (TPSA) is 75.1 Å². The molecule has 1 aromatic heterocycles. The number of Topliss-reactive ketones (excluding diaryl/α,β-unsaturated/α-hetero) is 1. The van der Waals surface area contributed by atoms with E-state index in [0.717, 1.165) is 29.9 Å². The molecule has 168 valence electrons. The molecule has 0 amide bonds. The molecule has 8 heteroatoms. The van der Waals surface area contributed by atoms with Crippen LogP contribution in [0.25, 0.3) is 0 Å². The standard InChI is InChI=1S/C23H31N3O5/c1-23(2)30-15-20(31-23)13-25(11-16-5-8-19(28-3)9-22(16)29-4)14-21(27)17-10-24-26(12-17)18-6-7-18/h5,8-10,12,18,20H,6-7,11,13-15H2,1-4H3/t20-/m1/s1. The van der Waals surface area contributed by atoms with Crippen LogP contribution in [0.3, 0.4) is 0 Å². The normalized spacial score (nSPS) is 20.2. The van der Waals surface area contributed by atoms with Crippen LogP contribution in [-0.2, 0) is 16.0 Å².